The molecule has 138 valence electrons. The van der Waals surface area contributed by atoms with Crippen LogP contribution >= 0.6 is 23.4 Å². The third-order valence-corrected chi connectivity index (χ3v) is 5.39. The molecule has 0 radical (unpaired) electrons. The SMILES string of the molecule is CCSC1=C(c2ccc([N+](=O)[O-])cc2)C(=O)N(Cc2ccccc2Cl)C1=O. The predicted molar refractivity (Wildman–Crippen MR) is 105 cm³/mol. The molecule has 0 bridgehead atoms. The standard InChI is InChI=1S/C19H15ClN2O4S/c1-2-27-17-16(12-7-9-14(10-8-12)22(25)26)18(23)21(19(17)24)11-13-5-3-4-6-15(13)20/h3-10H,2,11H2,1H3. The summed E-state index contributed by atoms with van der Waals surface area (Å²) in [7, 11) is 0. The van der Waals surface area contributed by atoms with E-state index in [1.54, 1.807) is 24.3 Å². The number of thioether (sulfide) groups is 1. The molecule has 2 aromatic rings. The smallest absolute Gasteiger partial charge is 0.269 e. The monoisotopic (exact) mass is 402 g/mol. The van der Waals surface area contributed by atoms with Gasteiger partial charge in [0.25, 0.3) is 17.5 Å². The fourth-order valence-corrected chi connectivity index (χ4v) is 3.84. The van der Waals surface area contributed by atoms with Crippen LogP contribution in [-0.4, -0.2) is 27.4 Å². The number of benzene rings is 2. The summed E-state index contributed by atoms with van der Waals surface area (Å²) < 4.78 is 0. The molecule has 1 heterocycles. The maximum absolute atomic E-state index is 13.0. The number of imide groups is 1. The van der Waals surface area contributed by atoms with Crippen molar-refractivity contribution in [1.82, 2.24) is 4.90 Å². The number of carbonyl (C=O) groups excluding carboxylic acids is 2. The average molecular weight is 403 g/mol. The summed E-state index contributed by atoms with van der Waals surface area (Å²) in [5, 5.41) is 11.3. The van der Waals surface area contributed by atoms with Gasteiger partial charge in [0.05, 0.1) is 21.9 Å². The van der Waals surface area contributed by atoms with Gasteiger partial charge >= 0.3 is 0 Å². The van der Waals surface area contributed by atoms with Gasteiger partial charge < -0.3 is 0 Å². The van der Waals surface area contributed by atoms with Gasteiger partial charge in [-0.05, 0) is 35.1 Å². The van der Waals surface area contributed by atoms with E-state index in [4.69, 9.17) is 11.6 Å². The number of hydrogen-bond donors (Lipinski definition) is 0. The van der Waals surface area contributed by atoms with Crippen molar-refractivity contribution < 1.29 is 14.5 Å². The Kier molecular flexibility index (Phi) is 5.62. The average Bonchev–Trinajstić information content (AvgIpc) is 2.88. The molecule has 0 unspecified atom stereocenters. The second kappa shape index (κ2) is 7.94. The van der Waals surface area contributed by atoms with Crippen LogP contribution in [0.25, 0.3) is 5.57 Å². The van der Waals surface area contributed by atoms with Gasteiger partial charge in [-0.3, -0.25) is 24.6 Å². The van der Waals surface area contributed by atoms with Gasteiger partial charge in [-0.1, -0.05) is 36.7 Å². The van der Waals surface area contributed by atoms with Crippen molar-refractivity contribution in [2.75, 3.05) is 5.75 Å². The van der Waals surface area contributed by atoms with Gasteiger partial charge in [0.1, 0.15) is 0 Å². The van der Waals surface area contributed by atoms with Crippen molar-refractivity contribution in [2.45, 2.75) is 13.5 Å². The van der Waals surface area contributed by atoms with Gasteiger partial charge in [0.15, 0.2) is 0 Å². The molecule has 0 atom stereocenters. The van der Waals surface area contributed by atoms with E-state index in [0.717, 1.165) is 4.90 Å². The molecule has 0 aromatic heterocycles. The summed E-state index contributed by atoms with van der Waals surface area (Å²) in [5.41, 5.74) is 1.35. The van der Waals surface area contributed by atoms with E-state index in [9.17, 15) is 19.7 Å². The highest BCUT2D eigenvalue weighted by molar-refractivity contribution is 8.04. The molecule has 1 aliphatic rings. The van der Waals surface area contributed by atoms with Crippen molar-refractivity contribution in [2.24, 2.45) is 0 Å². The highest BCUT2D eigenvalue weighted by atomic mass is 35.5. The van der Waals surface area contributed by atoms with Crippen molar-refractivity contribution in [1.29, 1.82) is 0 Å². The molecule has 0 spiro atoms. The minimum absolute atomic E-state index is 0.0710. The number of amides is 2. The number of nitro benzene ring substituents is 1. The zero-order chi connectivity index (χ0) is 19.6. The number of non-ortho nitro benzene ring substituents is 1. The van der Waals surface area contributed by atoms with Crippen LogP contribution in [0.2, 0.25) is 5.02 Å². The van der Waals surface area contributed by atoms with Crippen LogP contribution in [0.5, 0.6) is 0 Å². The largest absolute Gasteiger partial charge is 0.269 e. The van der Waals surface area contributed by atoms with Gasteiger partial charge in [-0.2, -0.15) is 0 Å². The number of nitrogens with zero attached hydrogens (tertiary/aromatic N) is 2. The molecule has 0 fully saturated rings. The maximum atomic E-state index is 13.0. The molecule has 0 N–H and O–H groups in total. The van der Waals surface area contributed by atoms with E-state index >= 15 is 0 Å². The second-order valence-corrected chi connectivity index (χ2v) is 7.41. The summed E-state index contributed by atoms with van der Waals surface area (Å²) in [4.78, 5) is 37.7. The fourth-order valence-electron chi connectivity index (χ4n) is 2.78. The molecule has 1 aliphatic heterocycles. The van der Waals surface area contributed by atoms with E-state index in [0.29, 0.717) is 26.8 Å². The molecular weight excluding hydrogens is 388 g/mol. The molecule has 6 nitrogen and oxygen atoms in total. The van der Waals surface area contributed by atoms with E-state index in [1.807, 2.05) is 6.92 Å². The lowest BCUT2D eigenvalue weighted by atomic mass is 10.1. The molecule has 2 aromatic carbocycles. The van der Waals surface area contributed by atoms with Crippen LogP contribution in [-0.2, 0) is 16.1 Å². The first-order valence-corrected chi connectivity index (χ1v) is 9.52. The van der Waals surface area contributed by atoms with Gasteiger partial charge in [-0.15, -0.1) is 11.8 Å². The second-order valence-electron chi connectivity index (χ2n) is 5.73. The van der Waals surface area contributed by atoms with Crippen molar-refractivity contribution in [3.05, 3.63) is 79.7 Å². The molecule has 3 rings (SSSR count). The van der Waals surface area contributed by atoms with Gasteiger partial charge in [0.2, 0.25) is 0 Å². The normalized spacial score (nSPS) is 14.2. The molecule has 8 heteroatoms. The zero-order valence-electron chi connectivity index (χ0n) is 14.3. The lowest BCUT2D eigenvalue weighted by Crippen LogP contribution is -2.31. The first-order chi connectivity index (χ1) is 12.9. The minimum Gasteiger partial charge on any atom is -0.269 e. The Balaban J connectivity index is 1.98. The summed E-state index contributed by atoms with van der Waals surface area (Å²) in [6.07, 6.45) is 0. The number of halogens is 1. The summed E-state index contributed by atoms with van der Waals surface area (Å²) in [6.45, 7) is 1.96. The first-order valence-electron chi connectivity index (χ1n) is 8.15. The van der Waals surface area contributed by atoms with Crippen molar-refractivity contribution in [3.8, 4) is 0 Å². The van der Waals surface area contributed by atoms with Crippen LogP contribution in [0.15, 0.2) is 53.4 Å². The lowest BCUT2D eigenvalue weighted by Gasteiger charge is -2.16. The van der Waals surface area contributed by atoms with E-state index in [-0.39, 0.29) is 23.7 Å². The van der Waals surface area contributed by atoms with Crippen molar-refractivity contribution in [3.63, 3.8) is 0 Å². The molecule has 27 heavy (non-hydrogen) atoms. The molecular formula is C19H15ClN2O4S. The number of carbonyl (C=O) groups is 2. The Morgan fingerprint density at radius 2 is 1.74 bits per heavy atom. The first kappa shape index (κ1) is 19.1. The minimum atomic E-state index is -0.509. The lowest BCUT2D eigenvalue weighted by molar-refractivity contribution is -0.384. The topological polar surface area (TPSA) is 80.5 Å². The summed E-state index contributed by atoms with van der Waals surface area (Å²) >= 11 is 7.45. The summed E-state index contributed by atoms with van der Waals surface area (Å²) in [6, 6.07) is 12.7. The maximum Gasteiger partial charge on any atom is 0.269 e. The Labute approximate surface area is 165 Å². The number of hydrogen-bond acceptors (Lipinski definition) is 5. The van der Waals surface area contributed by atoms with Crippen LogP contribution in [0.3, 0.4) is 0 Å². The highest BCUT2D eigenvalue weighted by Crippen LogP contribution is 2.37. The zero-order valence-corrected chi connectivity index (χ0v) is 15.9. The predicted octanol–water partition coefficient (Wildman–Crippen LogP) is 4.28. The number of rotatable bonds is 6. The van der Waals surface area contributed by atoms with Crippen molar-refractivity contribution >= 4 is 46.4 Å². The Bertz CT molecular complexity index is 956. The summed E-state index contributed by atoms with van der Waals surface area (Å²) in [5.74, 6) is -0.185. The Morgan fingerprint density at radius 1 is 1.07 bits per heavy atom. The third kappa shape index (κ3) is 3.74. The third-order valence-electron chi connectivity index (χ3n) is 4.07. The molecule has 0 saturated heterocycles. The molecule has 2 amide bonds. The van der Waals surface area contributed by atoms with Crippen LogP contribution in [0, 0.1) is 10.1 Å². The quantitative estimate of drug-likeness (QED) is 0.409. The van der Waals surface area contributed by atoms with Crippen LogP contribution < -0.4 is 0 Å². The van der Waals surface area contributed by atoms with E-state index < -0.39 is 10.8 Å². The molecule has 0 aliphatic carbocycles. The Morgan fingerprint density at radius 3 is 2.33 bits per heavy atom. The van der Waals surface area contributed by atoms with E-state index in [2.05, 4.69) is 0 Å². The van der Waals surface area contributed by atoms with Crippen LogP contribution in [0.4, 0.5) is 5.69 Å². The van der Waals surface area contributed by atoms with E-state index in [1.165, 1.54) is 36.0 Å². The van der Waals surface area contributed by atoms with Gasteiger partial charge in [0, 0.05) is 17.2 Å². The molecule has 0 saturated carbocycles. The number of nitro groups is 1. The van der Waals surface area contributed by atoms with Gasteiger partial charge in [-0.25, -0.2) is 0 Å². The highest BCUT2D eigenvalue weighted by Gasteiger charge is 2.39. The van der Waals surface area contributed by atoms with Crippen LogP contribution in [0.1, 0.15) is 18.1 Å². The fraction of sp³-hybridized carbons (Fsp3) is 0.158. The Hall–Kier alpha value is -2.64.